The first-order valence-electron chi connectivity index (χ1n) is 16.4. The zero-order valence-electron chi connectivity index (χ0n) is 28.4. The monoisotopic (exact) mass is 669 g/mol. The third-order valence-electron chi connectivity index (χ3n) is 9.03. The van der Waals surface area contributed by atoms with Crippen molar-refractivity contribution >= 4 is 27.7 Å². The van der Waals surface area contributed by atoms with E-state index in [2.05, 4.69) is 52.3 Å². The Hall–Kier alpha value is -4.58. The van der Waals surface area contributed by atoms with Crippen molar-refractivity contribution < 1.29 is 17.9 Å². The number of ether oxygens (including phenoxy) is 1. The summed E-state index contributed by atoms with van der Waals surface area (Å²) >= 11 is 0. The number of anilines is 2. The fraction of sp³-hybridized carbons (Fsp3) is 0.417. The van der Waals surface area contributed by atoms with Crippen LogP contribution in [0.25, 0.3) is 11.3 Å². The van der Waals surface area contributed by atoms with Crippen LogP contribution in [0.15, 0.2) is 65.8 Å². The molecule has 0 saturated carbocycles. The molecule has 1 N–H and O–H groups in total. The van der Waals surface area contributed by atoms with Gasteiger partial charge in [-0.3, -0.25) is 9.78 Å². The highest BCUT2D eigenvalue weighted by atomic mass is 32.2. The van der Waals surface area contributed by atoms with Gasteiger partial charge in [0.25, 0.3) is 15.9 Å². The Morgan fingerprint density at radius 1 is 1.00 bits per heavy atom. The molecule has 48 heavy (non-hydrogen) atoms. The molecular weight excluding hydrogens is 627 g/mol. The highest BCUT2D eigenvalue weighted by molar-refractivity contribution is 7.92. The Morgan fingerprint density at radius 2 is 1.75 bits per heavy atom. The Kier molecular flexibility index (Phi) is 9.12. The summed E-state index contributed by atoms with van der Waals surface area (Å²) in [6.07, 6.45) is 5.96. The molecule has 2 aliphatic heterocycles. The second-order valence-electron chi connectivity index (χ2n) is 14.0. The number of aromatic nitrogens is 4. The van der Waals surface area contributed by atoms with Gasteiger partial charge < -0.3 is 14.5 Å². The minimum absolute atomic E-state index is 0.0151. The summed E-state index contributed by atoms with van der Waals surface area (Å²) in [5.74, 6) is 0.538. The van der Waals surface area contributed by atoms with E-state index in [9.17, 15) is 13.2 Å². The molecule has 1 saturated heterocycles. The lowest BCUT2D eigenvalue weighted by Crippen LogP contribution is -2.46. The minimum atomic E-state index is -4.17. The lowest BCUT2D eigenvalue weighted by Gasteiger charge is -2.39. The van der Waals surface area contributed by atoms with Crippen molar-refractivity contribution in [2.45, 2.75) is 84.3 Å². The van der Waals surface area contributed by atoms with Gasteiger partial charge in [0.2, 0.25) is 11.8 Å². The summed E-state index contributed by atoms with van der Waals surface area (Å²) in [5.41, 5.74) is 4.22. The van der Waals surface area contributed by atoms with Crippen LogP contribution in [0.1, 0.15) is 74.1 Å². The van der Waals surface area contributed by atoms with Gasteiger partial charge in [0.05, 0.1) is 41.3 Å². The summed E-state index contributed by atoms with van der Waals surface area (Å²) in [4.78, 5) is 36.8. The lowest BCUT2D eigenvalue weighted by molar-refractivity contribution is 0.0549. The van der Waals surface area contributed by atoms with Gasteiger partial charge in [0.1, 0.15) is 12.4 Å². The van der Waals surface area contributed by atoms with Gasteiger partial charge in [-0.05, 0) is 74.8 Å². The zero-order valence-corrected chi connectivity index (χ0v) is 29.2. The molecule has 12 heteroatoms. The largest absolute Gasteiger partial charge is 0.475 e. The molecule has 0 spiro atoms. The fourth-order valence-electron chi connectivity index (χ4n) is 6.15. The van der Waals surface area contributed by atoms with Crippen LogP contribution in [-0.2, 0) is 16.6 Å². The van der Waals surface area contributed by atoms with Crippen LogP contribution in [-0.4, -0.2) is 64.4 Å². The molecule has 0 unspecified atom stereocenters. The van der Waals surface area contributed by atoms with E-state index < -0.39 is 16.1 Å². The van der Waals surface area contributed by atoms with Gasteiger partial charge in [-0.15, -0.1) is 0 Å². The third-order valence-corrected chi connectivity index (χ3v) is 10.4. The first-order valence-corrected chi connectivity index (χ1v) is 17.9. The molecule has 4 bridgehead atoms. The van der Waals surface area contributed by atoms with Gasteiger partial charge in [-0.25, -0.2) is 23.1 Å². The van der Waals surface area contributed by atoms with E-state index in [-0.39, 0.29) is 46.8 Å². The van der Waals surface area contributed by atoms with Crippen molar-refractivity contribution in [3.8, 4) is 17.1 Å². The van der Waals surface area contributed by atoms with Gasteiger partial charge in [0, 0.05) is 29.8 Å². The van der Waals surface area contributed by atoms with Crippen LogP contribution in [0.4, 0.5) is 11.8 Å². The van der Waals surface area contributed by atoms with E-state index >= 15 is 0 Å². The van der Waals surface area contributed by atoms with Crippen LogP contribution in [0.5, 0.6) is 5.88 Å². The molecule has 6 rings (SSSR count). The minimum Gasteiger partial charge on any atom is -0.475 e. The van der Waals surface area contributed by atoms with E-state index in [0.717, 1.165) is 41.9 Å². The fourth-order valence-corrected chi connectivity index (χ4v) is 7.14. The number of nitrogens with one attached hydrogen (secondary N) is 1. The van der Waals surface area contributed by atoms with Crippen LogP contribution >= 0.6 is 0 Å². The predicted octanol–water partition coefficient (Wildman–Crippen LogP) is 6.18. The Balaban J connectivity index is 1.46. The summed E-state index contributed by atoms with van der Waals surface area (Å²) in [6.45, 7) is 13.8. The van der Waals surface area contributed by atoms with Crippen molar-refractivity contribution in [3.63, 3.8) is 0 Å². The average molecular weight is 670 g/mol. The van der Waals surface area contributed by atoms with E-state index in [1.807, 2.05) is 32.0 Å². The maximum Gasteiger partial charge on any atom is 0.264 e. The molecule has 2 aromatic heterocycles. The molecule has 11 nitrogen and oxygen atoms in total. The number of aryl methyl sites for hydroxylation is 2. The molecule has 0 radical (unpaired) electrons. The zero-order chi connectivity index (χ0) is 34.2. The Labute approximate surface area is 282 Å². The number of amides is 1. The number of hydrogen-bond donors (Lipinski definition) is 1. The number of hydrogen-bond acceptors (Lipinski definition) is 9. The quantitative estimate of drug-likeness (QED) is 0.256. The van der Waals surface area contributed by atoms with E-state index in [1.165, 1.54) is 12.1 Å². The summed E-state index contributed by atoms with van der Waals surface area (Å²) in [5, 5.41) is 0. The predicted molar refractivity (Wildman–Crippen MR) is 185 cm³/mol. The SMILES string of the molecule is Cc1cccc(C)c1-c1cc2nc(n1)NS(=O)(=O)c1cccc(c1)C(=O)N(Cc1cncc(N3CC[C@H]3C)n1)[C@H](CCC(C)(C)C)CO2. The Morgan fingerprint density at radius 3 is 2.44 bits per heavy atom. The van der Waals surface area contributed by atoms with E-state index in [0.29, 0.717) is 23.9 Å². The number of carbonyl (C=O) groups excluding carboxylic acids is 1. The van der Waals surface area contributed by atoms with Crippen molar-refractivity contribution in [3.05, 3.63) is 83.3 Å². The lowest BCUT2D eigenvalue weighted by atomic mass is 9.88. The number of benzene rings is 2. The van der Waals surface area contributed by atoms with Gasteiger partial charge >= 0.3 is 0 Å². The molecule has 2 aliphatic rings. The molecule has 4 heterocycles. The number of sulfonamides is 1. The maximum atomic E-state index is 14.5. The van der Waals surface area contributed by atoms with Crippen molar-refractivity contribution in [2.75, 3.05) is 22.8 Å². The summed E-state index contributed by atoms with van der Waals surface area (Å²) < 4.78 is 36.3. The molecule has 2 atom stereocenters. The second kappa shape index (κ2) is 13.1. The standard InChI is InChI=1S/C36H43N7O4S/c1-23-9-7-10-24(2)33(23)30-18-32-40-35(39-30)41-48(45,46)29-12-8-11-26(17-29)34(44)43(28(22-47-32)13-15-36(4,5)6)21-27-19-37-20-31(38-27)42-16-14-25(42)3/h7-12,17-20,25,28H,13-16,21-22H2,1-6H3,(H,39,40,41)/t25-,28-/m1/s1. The van der Waals surface area contributed by atoms with Crippen molar-refractivity contribution in [1.29, 1.82) is 0 Å². The van der Waals surface area contributed by atoms with Crippen LogP contribution in [0.3, 0.4) is 0 Å². The number of rotatable bonds is 6. The highest BCUT2D eigenvalue weighted by Crippen LogP contribution is 2.31. The smallest absolute Gasteiger partial charge is 0.264 e. The third kappa shape index (κ3) is 7.28. The molecule has 0 aliphatic carbocycles. The number of carbonyl (C=O) groups is 1. The topological polar surface area (TPSA) is 131 Å². The van der Waals surface area contributed by atoms with E-state index in [1.54, 1.807) is 35.5 Å². The average Bonchev–Trinajstić information content (AvgIpc) is 3.02. The van der Waals surface area contributed by atoms with Crippen LogP contribution < -0.4 is 14.4 Å². The van der Waals surface area contributed by atoms with Gasteiger partial charge in [-0.2, -0.15) is 4.98 Å². The first-order chi connectivity index (χ1) is 22.8. The van der Waals surface area contributed by atoms with Crippen molar-refractivity contribution in [1.82, 2.24) is 24.8 Å². The molecule has 1 fully saturated rings. The van der Waals surface area contributed by atoms with Gasteiger partial charge in [-0.1, -0.05) is 45.0 Å². The van der Waals surface area contributed by atoms with Gasteiger partial charge in [0.15, 0.2) is 0 Å². The first kappa shape index (κ1) is 33.3. The molecular formula is C36H43N7O4S. The normalized spacial score (nSPS) is 19.2. The number of nitrogens with zero attached hydrogens (tertiary/aromatic N) is 6. The Bertz CT molecular complexity index is 1920. The van der Waals surface area contributed by atoms with Crippen LogP contribution in [0.2, 0.25) is 0 Å². The number of fused-ring (bicyclic) bond motifs is 4. The molecule has 252 valence electrons. The molecule has 1 amide bonds. The maximum absolute atomic E-state index is 14.5. The highest BCUT2D eigenvalue weighted by Gasteiger charge is 2.31. The van der Waals surface area contributed by atoms with Crippen LogP contribution in [0, 0.1) is 19.3 Å². The van der Waals surface area contributed by atoms with E-state index in [4.69, 9.17) is 9.72 Å². The summed E-state index contributed by atoms with van der Waals surface area (Å²) in [7, 11) is -4.17. The van der Waals surface area contributed by atoms with Crippen molar-refractivity contribution in [2.24, 2.45) is 5.41 Å². The second-order valence-corrected chi connectivity index (χ2v) is 15.7. The molecule has 2 aromatic carbocycles. The molecule has 4 aromatic rings. The summed E-state index contributed by atoms with van der Waals surface area (Å²) in [6, 6.07) is 13.7.